The van der Waals surface area contributed by atoms with Crippen LogP contribution in [-0.2, 0) is 0 Å². The Kier molecular flexibility index (Phi) is 7.63. The lowest BCUT2D eigenvalue weighted by molar-refractivity contribution is 0.474. The summed E-state index contributed by atoms with van der Waals surface area (Å²) in [4.78, 5) is 12.4. The maximum atomic E-state index is 10.1. The summed E-state index contributed by atoms with van der Waals surface area (Å²) in [5, 5.41) is 20.2. The van der Waals surface area contributed by atoms with Gasteiger partial charge in [-0.2, -0.15) is 0 Å². The summed E-state index contributed by atoms with van der Waals surface area (Å²) in [5.74, 6) is 0.362. The van der Waals surface area contributed by atoms with Crippen molar-refractivity contribution in [1.29, 1.82) is 0 Å². The molecule has 2 rings (SSSR count). The van der Waals surface area contributed by atoms with Crippen LogP contribution >= 0.6 is 0 Å². The van der Waals surface area contributed by atoms with Gasteiger partial charge in [-0.25, -0.2) is 0 Å². The van der Waals surface area contributed by atoms with Crippen molar-refractivity contribution in [3.8, 4) is 11.5 Å². The van der Waals surface area contributed by atoms with Gasteiger partial charge < -0.3 is 20.0 Å². The third kappa shape index (κ3) is 5.61. The molecule has 0 heterocycles. The van der Waals surface area contributed by atoms with E-state index in [4.69, 9.17) is 0 Å². The van der Waals surface area contributed by atoms with Gasteiger partial charge in [0.15, 0.2) is 0 Å². The first kappa shape index (κ1) is 21.0. The van der Waals surface area contributed by atoms with Gasteiger partial charge in [-0.3, -0.25) is 9.98 Å². The lowest BCUT2D eigenvalue weighted by Crippen LogP contribution is -2.15. The number of hydrogen-bond donors (Lipinski definition) is 2. The van der Waals surface area contributed by atoms with Crippen LogP contribution in [0.5, 0.6) is 11.5 Å². The van der Waals surface area contributed by atoms with E-state index in [2.05, 4.69) is 23.8 Å². The molecule has 0 bridgehead atoms. The predicted molar refractivity (Wildman–Crippen MR) is 118 cm³/mol. The van der Waals surface area contributed by atoms with Crippen LogP contribution in [-0.4, -0.2) is 49.8 Å². The Morgan fingerprint density at radius 1 is 0.750 bits per heavy atom. The minimum absolute atomic E-state index is 0.181. The van der Waals surface area contributed by atoms with Gasteiger partial charge in [0, 0.05) is 86.6 Å². The first-order valence-electron chi connectivity index (χ1n) is 9.26. The summed E-state index contributed by atoms with van der Waals surface area (Å²) in [7, 11) is 3.94. The summed E-state index contributed by atoms with van der Waals surface area (Å²) in [6.07, 6.45) is 6.20. The molecule has 28 heavy (non-hydrogen) atoms. The van der Waals surface area contributed by atoms with Crippen molar-refractivity contribution in [2.75, 3.05) is 37.0 Å². The van der Waals surface area contributed by atoms with E-state index in [1.165, 1.54) is 12.4 Å². The topological polar surface area (TPSA) is 71.7 Å². The van der Waals surface area contributed by atoms with Crippen molar-refractivity contribution in [3.63, 3.8) is 0 Å². The second-order valence-corrected chi connectivity index (χ2v) is 6.37. The Morgan fingerprint density at radius 2 is 1.14 bits per heavy atom. The number of aromatic hydroxyl groups is 2. The molecule has 6 heteroatoms. The number of aliphatic imine (C=N–C) groups is 2. The Hall–Kier alpha value is -3.28. The zero-order chi connectivity index (χ0) is 20.5. The van der Waals surface area contributed by atoms with Crippen LogP contribution in [0.4, 0.5) is 11.4 Å². The molecular formula is C22H28N4O2. The van der Waals surface area contributed by atoms with Crippen LogP contribution in [0.1, 0.15) is 25.0 Å². The standard InChI is InChI=1S/C22H28N4O2/c1-5-25(3)19-9-7-17(21(27)13-19)15-23-11-12-24-16-18-8-10-20(14-22(18)28)26(4)6-2/h7-16,27-28H,5-6H2,1-4H3/b12-11+,23-15-,24-16-. The van der Waals surface area contributed by atoms with E-state index in [1.54, 1.807) is 24.6 Å². The Bertz CT molecular complexity index is 803. The van der Waals surface area contributed by atoms with E-state index >= 15 is 0 Å². The number of nitrogens with zero attached hydrogens (tertiary/aromatic N) is 4. The van der Waals surface area contributed by atoms with Gasteiger partial charge in [0.05, 0.1) is 0 Å². The van der Waals surface area contributed by atoms with E-state index in [9.17, 15) is 10.2 Å². The Labute approximate surface area is 166 Å². The maximum absolute atomic E-state index is 10.1. The van der Waals surface area contributed by atoms with Gasteiger partial charge in [-0.05, 0) is 38.1 Å². The highest BCUT2D eigenvalue weighted by molar-refractivity contribution is 5.85. The minimum atomic E-state index is 0.181. The maximum Gasteiger partial charge on any atom is 0.126 e. The van der Waals surface area contributed by atoms with Crippen LogP contribution in [0, 0.1) is 0 Å². The Morgan fingerprint density at radius 3 is 1.46 bits per heavy atom. The largest absolute Gasteiger partial charge is 0.507 e. The second-order valence-electron chi connectivity index (χ2n) is 6.37. The second kappa shape index (κ2) is 10.2. The van der Waals surface area contributed by atoms with Crippen LogP contribution in [0.3, 0.4) is 0 Å². The van der Waals surface area contributed by atoms with Crippen molar-refractivity contribution >= 4 is 23.8 Å². The molecule has 0 saturated heterocycles. The number of rotatable bonds is 8. The van der Waals surface area contributed by atoms with E-state index in [0.717, 1.165) is 24.5 Å². The highest BCUT2D eigenvalue weighted by Crippen LogP contribution is 2.23. The highest BCUT2D eigenvalue weighted by Gasteiger charge is 2.04. The van der Waals surface area contributed by atoms with Crippen molar-refractivity contribution in [1.82, 2.24) is 0 Å². The predicted octanol–water partition coefficient (Wildman–Crippen LogP) is 4.02. The molecule has 0 aliphatic heterocycles. The van der Waals surface area contributed by atoms with E-state index in [0.29, 0.717) is 11.1 Å². The van der Waals surface area contributed by atoms with Crippen LogP contribution in [0.15, 0.2) is 58.8 Å². The molecule has 2 aromatic rings. The van der Waals surface area contributed by atoms with E-state index < -0.39 is 0 Å². The zero-order valence-electron chi connectivity index (χ0n) is 16.9. The summed E-state index contributed by atoms with van der Waals surface area (Å²) >= 11 is 0. The molecule has 2 N–H and O–H groups in total. The van der Waals surface area contributed by atoms with Crippen molar-refractivity contribution < 1.29 is 10.2 Å². The smallest absolute Gasteiger partial charge is 0.126 e. The van der Waals surface area contributed by atoms with Crippen molar-refractivity contribution in [3.05, 3.63) is 59.9 Å². The first-order valence-corrected chi connectivity index (χ1v) is 9.26. The van der Waals surface area contributed by atoms with Crippen molar-refractivity contribution in [2.45, 2.75) is 13.8 Å². The van der Waals surface area contributed by atoms with Crippen molar-refractivity contribution in [2.24, 2.45) is 9.98 Å². The number of phenols is 2. The van der Waals surface area contributed by atoms with Gasteiger partial charge in [0.1, 0.15) is 11.5 Å². The monoisotopic (exact) mass is 380 g/mol. The van der Waals surface area contributed by atoms with Gasteiger partial charge in [-0.15, -0.1) is 0 Å². The SMILES string of the molecule is CCN(C)c1ccc(\C=N/C=C/N=C\c2ccc(N(C)CC)cc2O)c(O)c1. The molecule has 2 aromatic carbocycles. The number of phenolic OH excluding ortho intramolecular Hbond substituents is 2. The lowest BCUT2D eigenvalue weighted by atomic mass is 10.2. The number of anilines is 2. The average molecular weight is 380 g/mol. The Balaban J connectivity index is 1.98. The highest BCUT2D eigenvalue weighted by atomic mass is 16.3. The molecular weight excluding hydrogens is 352 g/mol. The molecule has 148 valence electrons. The normalized spacial score (nSPS) is 11.7. The van der Waals surface area contributed by atoms with Gasteiger partial charge in [0.25, 0.3) is 0 Å². The molecule has 0 aliphatic rings. The molecule has 0 saturated carbocycles. The molecule has 0 aromatic heterocycles. The fourth-order valence-electron chi connectivity index (χ4n) is 2.45. The molecule has 6 nitrogen and oxygen atoms in total. The molecule has 0 amide bonds. The molecule has 0 atom stereocenters. The summed E-state index contributed by atoms with van der Waals surface area (Å²) < 4.78 is 0. The van der Waals surface area contributed by atoms with Gasteiger partial charge in [0.2, 0.25) is 0 Å². The zero-order valence-corrected chi connectivity index (χ0v) is 16.9. The summed E-state index contributed by atoms with van der Waals surface area (Å²) in [5.41, 5.74) is 3.17. The number of hydrogen-bond acceptors (Lipinski definition) is 6. The van der Waals surface area contributed by atoms with E-state index in [-0.39, 0.29) is 11.5 Å². The average Bonchev–Trinajstić information content (AvgIpc) is 2.71. The van der Waals surface area contributed by atoms with Gasteiger partial charge in [-0.1, -0.05) is 0 Å². The molecule has 0 radical (unpaired) electrons. The molecule has 0 spiro atoms. The number of benzene rings is 2. The summed E-state index contributed by atoms with van der Waals surface area (Å²) in [6.45, 7) is 5.83. The first-order chi connectivity index (χ1) is 13.5. The molecule has 0 unspecified atom stereocenters. The lowest BCUT2D eigenvalue weighted by Gasteiger charge is -2.17. The quantitative estimate of drug-likeness (QED) is 0.679. The van der Waals surface area contributed by atoms with Gasteiger partial charge >= 0.3 is 0 Å². The summed E-state index contributed by atoms with van der Waals surface area (Å²) in [6, 6.07) is 11.0. The third-order valence-electron chi connectivity index (χ3n) is 4.52. The van der Waals surface area contributed by atoms with E-state index in [1.807, 2.05) is 48.2 Å². The molecule has 0 aliphatic carbocycles. The minimum Gasteiger partial charge on any atom is -0.507 e. The molecule has 0 fully saturated rings. The third-order valence-corrected chi connectivity index (χ3v) is 4.52. The fraction of sp³-hybridized carbons (Fsp3) is 0.273. The van der Waals surface area contributed by atoms with Crippen LogP contribution < -0.4 is 9.80 Å². The van der Waals surface area contributed by atoms with Crippen LogP contribution in [0.25, 0.3) is 0 Å². The fourth-order valence-corrected chi connectivity index (χ4v) is 2.45. The van der Waals surface area contributed by atoms with Crippen LogP contribution in [0.2, 0.25) is 0 Å².